The van der Waals surface area contributed by atoms with Crippen LogP contribution in [-0.4, -0.2) is 66.9 Å². The van der Waals surface area contributed by atoms with Gasteiger partial charge in [-0.05, 0) is 12.8 Å². The monoisotopic (exact) mass is 270 g/mol. The van der Waals surface area contributed by atoms with Crippen molar-refractivity contribution in [3.8, 4) is 0 Å². The van der Waals surface area contributed by atoms with Gasteiger partial charge in [0.2, 0.25) is 11.8 Å². The molecular formula is C13H26N4O2. The van der Waals surface area contributed by atoms with Gasteiger partial charge in [-0.3, -0.25) is 14.5 Å². The first kappa shape index (κ1) is 15.9. The quantitative estimate of drug-likeness (QED) is 0.666. The fraction of sp³-hybridized carbons (Fsp3) is 0.846. The van der Waals surface area contributed by atoms with Gasteiger partial charge >= 0.3 is 0 Å². The molecule has 1 aliphatic heterocycles. The molecule has 1 aliphatic rings. The normalized spacial score (nSPS) is 18.3. The molecule has 0 aromatic carbocycles. The molecular weight excluding hydrogens is 244 g/mol. The third-order valence-corrected chi connectivity index (χ3v) is 3.30. The minimum Gasteiger partial charge on any atom is -0.368 e. The highest BCUT2D eigenvalue weighted by Crippen LogP contribution is 2.08. The van der Waals surface area contributed by atoms with Crippen LogP contribution < -0.4 is 11.1 Å². The summed E-state index contributed by atoms with van der Waals surface area (Å²) >= 11 is 0. The molecule has 1 saturated heterocycles. The van der Waals surface area contributed by atoms with Crippen LogP contribution >= 0.6 is 0 Å². The molecule has 0 spiro atoms. The average molecular weight is 270 g/mol. The number of carbonyl (C=O) groups is 2. The van der Waals surface area contributed by atoms with Gasteiger partial charge in [0.1, 0.15) is 0 Å². The number of amides is 2. The van der Waals surface area contributed by atoms with E-state index in [0.717, 1.165) is 26.2 Å². The Balaban J connectivity index is 2.64. The molecule has 1 unspecified atom stereocenters. The number of nitrogens with zero attached hydrogens (tertiary/aromatic N) is 2. The van der Waals surface area contributed by atoms with E-state index in [4.69, 9.17) is 5.73 Å². The van der Waals surface area contributed by atoms with E-state index in [1.807, 2.05) is 20.8 Å². The molecule has 0 saturated carbocycles. The number of piperazine rings is 1. The maximum Gasteiger partial charge on any atom is 0.240 e. The minimum absolute atomic E-state index is 0.00519. The fourth-order valence-corrected chi connectivity index (χ4v) is 2.35. The van der Waals surface area contributed by atoms with Crippen molar-refractivity contribution < 1.29 is 9.59 Å². The molecule has 1 heterocycles. The second kappa shape index (κ2) is 7.45. The summed E-state index contributed by atoms with van der Waals surface area (Å²) in [6, 6.07) is -0.194. The van der Waals surface area contributed by atoms with Gasteiger partial charge in [-0.1, -0.05) is 13.8 Å². The van der Waals surface area contributed by atoms with Crippen molar-refractivity contribution in [1.82, 2.24) is 15.1 Å². The van der Waals surface area contributed by atoms with Crippen molar-refractivity contribution in [2.24, 2.45) is 11.7 Å². The average Bonchev–Trinajstić information content (AvgIpc) is 2.36. The molecule has 1 atom stereocenters. The van der Waals surface area contributed by atoms with E-state index < -0.39 is 5.91 Å². The number of hydrogen-bond acceptors (Lipinski definition) is 4. The van der Waals surface area contributed by atoms with E-state index in [2.05, 4.69) is 10.2 Å². The molecule has 6 nitrogen and oxygen atoms in total. The minimum atomic E-state index is -0.457. The van der Waals surface area contributed by atoms with Gasteiger partial charge in [0.05, 0.1) is 12.6 Å². The van der Waals surface area contributed by atoms with Crippen molar-refractivity contribution >= 4 is 11.8 Å². The van der Waals surface area contributed by atoms with Crippen LogP contribution in [0.1, 0.15) is 20.8 Å². The van der Waals surface area contributed by atoms with Gasteiger partial charge < -0.3 is 16.0 Å². The Hall–Kier alpha value is -1.14. The number of primary amides is 1. The lowest BCUT2D eigenvalue weighted by molar-refractivity contribution is -0.140. The van der Waals surface area contributed by atoms with Gasteiger partial charge in [-0.15, -0.1) is 0 Å². The van der Waals surface area contributed by atoms with Crippen molar-refractivity contribution in [2.75, 3.05) is 39.3 Å². The topological polar surface area (TPSA) is 78.7 Å². The summed E-state index contributed by atoms with van der Waals surface area (Å²) in [4.78, 5) is 27.3. The van der Waals surface area contributed by atoms with Crippen LogP contribution in [0.25, 0.3) is 0 Å². The lowest BCUT2D eigenvalue weighted by Crippen LogP contribution is -2.55. The lowest BCUT2D eigenvalue weighted by Gasteiger charge is -2.35. The molecule has 19 heavy (non-hydrogen) atoms. The summed E-state index contributed by atoms with van der Waals surface area (Å²) < 4.78 is 0. The first-order valence-corrected chi connectivity index (χ1v) is 6.93. The van der Waals surface area contributed by atoms with Gasteiger partial charge in [0, 0.05) is 32.7 Å². The van der Waals surface area contributed by atoms with Crippen LogP contribution in [0, 0.1) is 5.92 Å². The number of rotatable bonds is 6. The summed E-state index contributed by atoms with van der Waals surface area (Å²) in [5, 5.41) is 3.26. The molecule has 1 fully saturated rings. The third kappa shape index (κ3) is 5.16. The molecule has 110 valence electrons. The van der Waals surface area contributed by atoms with E-state index in [9.17, 15) is 9.59 Å². The van der Waals surface area contributed by atoms with Crippen LogP contribution in [0.15, 0.2) is 0 Å². The zero-order valence-corrected chi connectivity index (χ0v) is 12.2. The Labute approximate surface area is 115 Å². The number of hydrogen-bond donors (Lipinski definition) is 2. The summed E-state index contributed by atoms with van der Waals surface area (Å²) in [6.07, 6.45) is 0. The predicted octanol–water partition coefficient (Wildman–Crippen LogP) is -0.750. The number of nitrogens with two attached hydrogens (primary N) is 1. The van der Waals surface area contributed by atoms with E-state index >= 15 is 0 Å². The van der Waals surface area contributed by atoms with Gasteiger partial charge in [0.15, 0.2) is 0 Å². The maximum absolute atomic E-state index is 12.5. The SMILES string of the molecule is CC(C)CN(CC(N)=O)C(=O)C(C)N1CCNCC1. The largest absolute Gasteiger partial charge is 0.368 e. The molecule has 2 amide bonds. The highest BCUT2D eigenvalue weighted by molar-refractivity contribution is 5.86. The molecule has 1 rings (SSSR count). The van der Waals surface area contributed by atoms with Crippen LogP contribution in [-0.2, 0) is 9.59 Å². The molecule has 6 heteroatoms. The molecule has 0 bridgehead atoms. The standard InChI is InChI=1S/C13H26N4O2/c1-10(2)8-17(9-12(14)18)13(19)11(3)16-6-4-15-5-7-16/h10-11,15H,4-9H2,1-3H3,(H2,14,18). The molecule has 3 N–H and O–H groups in total. The zero-order chi connectivity index (χ0) is 14.4. The Bertz CT molecular complexity index is 314. The van der Waals surface area contributed by atoms with Crippen LogP contribution in [0.5, 0.6) is 0 Å². The van der Waals surface area contributed by atoms with Crippen LogP contribution in [0.3, 0.4) is 0 Å². The highest BCUT2D eigenvalue weighted by atomic mass is 16.2. The summed E-state index contributed by atoms with van der Waals surface area (Å²) in [5.41, 5.74) is 5.23. The van der Waals surface area contributed by atoms with E-state index in [1.54, 1.807) is 4.90 Å². The second-order valence-corrected chi connectivity index (χ2v) is 5.54. The molecule has 0 aliphatic carbocycles. The summed E-state index contributed by atoms with van der Waals surface area (Å²) in [5.74, 6) is -0.144. The fourth-order valence-electron chi connectivity index (χ4n) is 2.35. The molecule has 0 radical (unpaired) electrons. The van der Waals surface area contributed by atoms with Gasteiger partial charge in [-0.2, -0.15) is 0 Å². The Morgan fingerprint density at radius 1 is 1.26 bits per heavy atom. The number of nitrogens with one attached hydrogen (secondary N) is 1. The first-order chi connectivity index (χ1) is 8.91. The van der Waals surface area contributed by atoms with E-state index in [-0.39, 0.29) is 18.5 Å². The lowest BCUT2D eigenvalue weighted by atomic mass is 10.1. The van der Waals surface area contributed by atoms with Gasteiger partial charge in [-0.25, -0.2) is 0 Å². The van der Waals surface area contributed by atoms with E-state index in [1.165, 1.54) is 0 Å². The molecule has 0 aromatic heterocycles. The Morgan fingerprint density at radius 2 is 1.84 bits per heavy atom. The summed E-state index contributed by atoms with van der Waals surface area (Å²) in [6.45, 7) is 10.0. The van der Waals surface area contributed by atoms with E-state index in [0.29, 0.717) is 12.5 Å². The van der Waals surface area contributed by atoms with Crippen LogP contribution in [0.4, 0.5) is 0 Å². The zero-order valence-electron chi connectivity index (χ0n) is 12.2. The Kier molecular flexibility index (Phi) is 6.24. The van der Waals surface area contributed by atoms with Crippen molar-refractivity contribution in [1.29, 1.82) is 0 Å². The predicted molar refractivity (Wildman–Crippen MR) is 74.5 cm³/mol. The smallest absolute Gasteiger partial charge is 0.240 e. The van der Waals surface area contributed by atoms with Crippen LogP contribution in [0.2, 0.25) is 0 Å². The molecule has 0 aromatic rings. The van der Waals surface area contributed by atoms with Gasteiger partial charge in [0.25, 0.3) is 0 Å². The van der Waals surface area contributed by atoms with Crippen molar-refractivity contribution in [3.05, 3.63) is 0 Å². The number of carbonyl (C=O) groups excluding carboxylic acids is 2. The maximum atomic E-state index is 12.5. The second-order valence-electron chi connectivity index (χ2n) is 5.54. The van der Waals surface area contributed by atoms with Crippen molar-refractivity contribution in [2.45, 2.75) is 26.8 Å². The van der Waals surface area contributed by atoms with Crippen molar-refractivity contribution in [3.63, 3.8) is 0 Å². The Morgan fingerprint density at radius 3 is 2.32 bits per heavy atom. The third-order valence-electron chi connectivity index (χ3n) is 3.30. The summed E-state index contributed by atoms with van der Waals surface area (Å²) in [7, 11) is 0. The first-order valence-electron chi connectivity index (χ1n) is 6.93. The highest BCUT2D eigenvalue weighted by Gasteiger charge is 2.27.